The van der Waals surface area contributed by atoms with Crippen molar-refractivity contribution in [2.75, 3.05) is 13.1 Å². The molecule has 4 aromatic rings. The molecule has 8 heteroatoms. The fourth-order valence-corrected chi connectivity index (χ4v) is 6.01. The van der Waals surface area contributed by atoms with E-state index >= 15 is 4.39 Å². The van der Waals surface area contributed by atoms with Gasteiger partial charge in [-0.05, 0) is 61.2 Å². The van der Waals surface area contributed by atoms with Crippen LogP contribution in [0, 0.1) is 11.7 Å². The molecule has 2 aliphatic rings. The summed E-state index contributed by atoms with van der Waals surface area (Å²) < 4.78 is 15.1. The Morgan fingerprint density at radius 2 is 1.91 bits per heavy atom. The number of thiazole rings is 1. The summed E-state index contributed by atoms with van der Waals surface area (Å²) in [6, 6.07) is 19.8. The predicted octanol–water partition coefficient (Wildman–Crippen LogP) is 5.91. The molecule has 6 rings (SSSR count). The molecule has 1 atom stereocenters. The van der Waals surface area contributed by atoms with Gasteiger partial charge in [0, 0.05) is 24.1 Å². The van der Waals surface area contributed by atoms with Gasteiger partial charge < -0.3 is 5.11 Å². The van der Waals surface area contributed by atoms with E-state index in [-0.39, 0.29) is 29.6 Å². The van der Waals surface area contributed by atoms with Crippen molar-refractivity contribution in [2.45, 2.75) is 31.2 Å². The Bertz CT molecular complexity index is 1390. The Morgan fingerprint density at radius 1 is 1.11 bits per heavy atom. The molecule has 0 spiro atoms. The Kier molecular flexibility index (Phi) is 6.34. The van der Waals surface area contributed by atoms with Gasteiger partial charge in [0.05, 0.1) is 11.6 Å². The second-order valence-electron chi connectivity index (χ2n) is 9.36. The highest BCUT2D eigenvalue weighted by molar-refractivity contribution is 7.21. The number of hydrogen-bond donors (Lipinski definition) is 1. The van der Waals surface area contributed by atoms with Gasteiger partial charge in [0.1, 0.15) is 21.2 Å². The van der Waals surface area contributed by atoms with Crippen LogP contribution >= 0.6 is 23.7 Å². The molecule has 1 saturated heterocycles. The molecule has 180 valence electrons. The summed E-state index contributed by atoms with van der Waals surface area (Å²) in [6.07, 6.45) is 2.81. The van der Waals surface area contributed by atoms with Gasteiger partial charge in [0.25, 0.3) is 0 Å². The van der Waals surface area contributed by atoms with Gasteiger partial charge in [-0.3, -0.25) is 9.69 Å². The minimum atomic E-state index is -0.756. The number of rotatable bonds is 6. The number of aromatic nitrogens is 2. The van der Waals surface area contributed by atoms with Crippen LogP contribution in [0.1, 0.15) is 36.1 Å². The molecule has 0 amide bonds. The lowest BCUT2D eigenvalue weighted by atomic mass is 9.92. The minimum absolute atomic E-state index is 0. The third kappa shape index (κ3) is 4.44. The van der Waals surface area contributed by atoms with Crippen LogP contribution in [-0.4, -0.2) is 39.0 Å². The van der Waals surface area contributed by atoms with Crippen molar-refractivity contribution in [3.8, 4) is 10.6 Å². The quantitative estimate of drug-likeness (QED) is 0.350. The largest absolute Gasteiger partial charge is 0.481 e. The van der Waals surface area contributed by atoms with Crippen molar-refractivity contribution in [1.82, 2.24) is 14.9 Å². The molecule has 1 N–H and O–H groups in total. The van der Waals surface area contributed by atoms with Gasteiger partial charge >= 0.3 is 5.97 Å². The molecule has 2 fully saturated rings. The highest BCUT2D eigenvalue weighted by atomic mass is 35.5. The van der Waals surface area contributed by atoms with Crippen LogP contribution in [0.5, 0.6) is 0 Å². The number of halogens is 2. The summed E-state index contributed by atoms with van der Waals surface area (Å²) in [6.45, 7) is 1.78. The summed E-state index contributed by atoms with van der Waals surface area (Å²) in [5.41, 5.74) is 4.44. The number of carbonyl (C=O) groups is 1. The Hall–Kier alpha value is -2.87. The van der Waals surface area contributed by atoms with Crippen molar-refractivity contribution in [2.24, 2.45) is 5.92 Å². The first-order valence-corrected chi connectivity index (χ1v) is 12.4. The molecule has 0 bridgehead atoms. The average molecular weight is 510 g/mol. The summed E-state index contributed by atoms with van der Waals surface area (Å²) >= 11 is 1.42. The molecule has 2 aromatic heterocycles. The normalized spacial score (nSPS) is 18.9. The van der Waals surface area contributed by atoms with E-state index in [0.717, 1.165) is 41.0 Å². The summed E-state index contributed by atoms with van der Waals surface area (Å²) in [5.74, 6) is -1.40. The van der Waals surface area contributed by atoms with Crippen LogP contribution in [-0.2, 0) is 16.8 Å². The maximum atomic E-state index is 15.1. The fraction of sp³-hybridized carbons (Fsp3) is 0.296. The second kappa shape index (κ2) is 9.30. The van der Waals surface area contributed by atoms with E-state index in [9.17, 15) is 9.90 Å². The molecule has 1 aliphatic carbocycles. The van der Waals surface area contributed by atoms with Gasteiger partial charge in [-0.15, -0.1) is 12.4 Å². The molecular weight excluding hydrogens is 485 g/mol. The van der Waals surface area contributed by atoms with Gasteiger partial charge in [0.2, 0.25) is 0 Å². The first-order chi connectivity index (χ1) is 16.5. The Morgan fingerprint density at radius 3 is 2.60 bits per heavy atom. The standard InChI is InChI=1S/C27H24FN3O2S.ClH/c28-21-14-17(15-31-13-10-18(16-31)26(32)33)6-7-20(21)24-29-22-8-9-23(30-25(22)34-24)27(11-12-27)19-4-2-1-3-5-19;/h1-9,14,18H,10-13,15-16H2,(H,32,33);1H/t18-;/m1./s1. The first-order valence-electron chi connectivity index (χ1n) is 11.6. The minimum Gasteiger partial charge on any atom is -0.481 e. The lowest BCUT2D eigenvalue weighted by Gasteiger charge is -2.15. The van der Waals surface area contributed by atoms with E-state index in [4.69, 9.17) is 4.98 Å². The maximum Gasteiger partial charge on any atom is 0.307 e. The summed E-state index contributed by atoms with van der Waals surface area (Å²) in [4.78, 5) is 23.7. The number of carboxylic acids is 1. The number of likely N-dealkylation sites (tertiary alicyclic amines) is 1. The molecule has 1 saturated carbocycles. The third-order valence-electron chi connectivity index (χ3n) is 7.11. The van der Waals surface area contributed by atoms with E-state index in [1.807, 2.05) is 18.2 Å². The number of benzene rings is 2. The van der Waals surface area contributed by atoms with Crippen LogP contribution in [0.15, 0.2) is 60.7 Å². The summed E-state index contributed by atoms with van der Waals surface area (Å²) in [5, 5.41) is 9.81. The van der Waals surface area contributed by atoms with Crippen LogP contribution in [0.3, 0.4) is 0 Å². The molecular formula is C27H25ClFN3O2S. The first kappa shape index (κ1) is 23.9. The number of fused-ring (bicyclic) bond motifs is 1. The van der Waals surface area contributed by atoms with Crippen molar-refractivity contribution in [3.05, 3.63) is 83.3 Å². The number of carboxylic acid groups (broad SMARTS) is 1. The van der Waals surface area contributed by atoms with Crippen molar-refractivity contribution >= 4 is 40.1 Å². The molecule has 3 heterocycles. The highest BCUT2D eigenvalue weighted by Crippen LogP contribution is 2.53. The molecule has 5 nitrogen and oxygen atoms in total. The predicted molar refractivity (Wildman–Crippen MR) is 138 cm³/mol. The highest BCUT2D eigenvalue weighted by Gasteiger charge is 2.47. The van der Waals surface area contributed by atoms with Gasteiger partial charge in [-0.2, -0.15) is 0 Å². The lowest BCUT2D eigenvalue weighted by molar-refractivity contribution is -0.141. The van der Waals surface area contributed by atoms with E-state index in [2.05, 4.69) is 40.2 Å². The fourth-order valence-electron chi connectivity index (χ4n) is 5.04. The van der Waals surface area contributed by atoms with Gasteiger partial charge in [0.15, 0.2) is 0 Å². The topological polar surface area (TPSA) is 66.3 Å². The number of hydrogen-bond acceptors (Lipinski definition) is 5. The van der Waals surface area contributed by atoms with E-state index < -0.39 is 5.97 Å². The zero-order valence-electron chi connectivity index (χ0n) is 19.0. The smallest absolute Gasteiger partial charge is 0.307 e. The molecule has 0 radical (unpaired) electrons. The SMILES string of the molecule is Cl.O=C(O)[C@@H]1CCN(Cc2ccc(-c3nc4ccc(C5(c6ccccc6)CC5)nc4s3)c(F)c2)C1. The van der Waals surface area contributed by atoms with Crippen LogP contribution < -0.4 is 0 Å². The lowest BCUT2D eigenvalue weighted by Crippen LogP contribution is -2.22. The second-order valence-corrected chi connectivity index (χ2v) is 10.3. The van der Waals surface area contributed by atoms with Crippen molar-refractivity contribution in [3.63, 3.8) is 0 Å². The molecule has 35 heavy (non-hydrogen) atoms. The van der Waals surface area contributed by atoms with E-state index in [1.54, 1.807) is 12.1 Å². The van der Waals surface area contributed by atoms with Gasteiger partial charge in [-0.1, -0.05) is 47.7 Å². The van der Waals surface area contributed by atoms with Crippen LogP contribution in [0.4, 0.5) is 4.39 Å². The average Bonchev–Trinajstić information content (AvgIpc) is 3.32. The zero-order valence-corrected chi connectivity index (χ0v) is 20.6. The molecule has 0 unspecified atom stereocenters. The Labute approximate surface area is 213 Å². The van der Waals surface area contributed by atoms with E-state index in [0.29, 0.717) is 30.1 Å². The van der Waals surface area contributed by atoms with Crippen molar-refractivity contribution < 1.29 is 14.3 Å². The van der Waals surface area contributed by atoms with E-state index in [1.165, 1.54) is 16.9 Å². The summed E-state index contributed by atoms with van der Waals surface area (Å²) in [7, 11) is 0. The van der Waals surface area contributed by atoms with Gasteiger partial charge in [-0.25, -0.2) is 14.4 Å². The monoisotopic (exact) mass is 509 g/mol. The molecule has 2 aromatic carbocycles. The van der Waals surface area contributed by atoms with Crippen molar-refractivity contribution in [1.29, 1.82) is 0 Å². The third-order valence-corrected chi connectivity index (χ3v) is 8.11. The van der Waals surface area contributed by atoms with Crippen LogP contribution in [0.25, 0.3) is 20.9 Å². The zero-order chi connectivity index (χ0) is 23.3. The number of nitrogens with zero attached hydrogens (tertiary/aromatic N) is 3. The van der Waals surface area contributed by atoms with Crippen LogP contribution in [0.2, 0.25) is 0 Å². The number of pyridine rings is 1. The number of aliphatic carboxylic acids is 1. The maximum absolute atomic E-state index is 15.1. The Balaban J connectivity index is 0.00000253. The molecule has 1 aliphatic heterocycles.